The maximum atomic E-state index is 13.1. The van der Waals surface area contributed by atoms with Gasteiger partial charge < -0.3 is 19.4 Å². The second-order valence-electron chi connectivity index (χ2n) is 7.92. The number of hydrogen-bond donors (Lipinski definition) is 1. The zero-order valence-corrected chi connectivity index (χ0v) is 18.7. The first-order chi connectivity index (χ1) is 16.3. The lowest BCUT2D eigenvalue weighted by Gasteiger charge is -2.23. The summed E-state index contributed by atoms with van der Waals surface area (Å²) in [6.45, 7) is 3.02. The molecule has 0 saturated heterocycles. The molecule has 0 fully saturated rings. The number of amides is 1. The molecule has 5 rings (SSSR count). The van der Waals surface area contributed by atoms with Gasteiger partial charge in [0.1, 0.15) is 18.2 Å². The maximum Gasteiger partial charge on any atom is 0.487 e. The predicted molar refractivity (Wildman–Crippen MR) is 123 cm³/mol. The van der Waals surface area contributed by atoms with Crippen LogP contribution < -0.4 is 10.1 Å². The second kappa shape index (κ2) is 8.66. The number of hydrogen-bond acceptors (Lipinski definition) is 5. The minimum absolute atomic E-state index is 0.0879. The SMILES string of the molecule is C[C@H]1COCc2nc3cc(C(=O)Nc4ccc(OC(F)(F)Cl)cc4)cc(-c4cccnc4)c3n21. The number of pyridine rings is 1. The Morgan fingerprint density at radius 3 is 2.76 bits per heavy atom. The summed E-state index contributed by atoms with van der Waals surface area (Å²) in [4.78, 5) is 22.1. The van der Waals surface area contributed by atoms with Gasteiger partial charge in [-0.15, -0.1) is 8.78 Å². The van der Waals surface area contributed by atoms with Crippen LogP contribution in [0.2, 0.25) is 0 Å². The topological polar surface area (TPSA) is 78.3 Å². The number of benzene rings is 2. The fourth-order valence-electron chi connectivity index (χ4n) is 4.07. The highest BCUT2D eigenvalue weighted by Gasteiger charge is 2.28. The Morgan fingerprint density at radius 1 is 1.26 bits per heavy atom. The van der Waals surface area contributed by atoms with Gasteiger partial charge in [-0.05, 0) is 49.4 Å². The highest BCUT2D eigenvalue weighted by atomic mass is 35.5. The third-order valence-electron chi connectivity index (χ3n) is 5.47. The molecule has 0 aliphatic carbocycles. The molecule has 2 aromatic heterocycles. The summed E-state index contributed by atoms with van der Waals surface area (Å²) in [5.41, 5.74) is 0.261. The average Bonchev–Trinajstić information content (AvgIpc) is 3.19. The summed E-state index contributed by atoms with van der Waals surface area (Å²) < 4.78 is 37.7. The molecule has 10 heteroatoms. The molecular weight excluding hydrogens is 466 g/mol. The normalized spacial score (nSPS) is 15.7. The fraction of sp³-hybridized carbons (Fsp3) is 0.208. The van der Waals surface area contributed by atoms with E-state index in [2.05, 4.69) is 26.5 Å². The van der Waals surface area contributed by atoms with Gasteiger partial charge >= 0.3 is 5.57 Å². The van der Waals surface area contributed by atoms with Gasteiger partial charge in [-0.25, -0.2) is 4.98 Å². The summed E-state index contributed by atoms with van der Waals surface area (Å²) in [7, 11) is 0. The molecule has 34 heavy (non-hydrogen) atoms. The van der Waals surface area contributed by atoms with Crippen LogP contribution in [0.1, 0.15) is 29.1 Å². The summed E-state index contributed by atoms with van der Waals surface area (Å²) >= 11 is 4.79. The first-order valence-corrected chi connectivity index (χ1v) is 10.9. The van der Waals surface area contributed by atoms with Crippen LogP contribution in [-0.4, -0.2) is 32.6 Å². The Labute approximate surface area is 198 Å². The molecule has 3 heterocycles. The van der Waals surface area contributed by atoms with Crippen LogP contribution in [0.25, 0.3) is 22.2 Å². The molecule has 1 atom stereocenters. The number of nitrogens with one attached hydrogen (secondary N) is 1. The summed E-state index contributed by atoms with van der Waals surface area (Å²) in [5, 5.41) is 2.77. The first-order valence-electron chi connectivity index (χ1n) is 10.5. The number of fused-ring (bicyclic) bond motifs is 3. The predicted octanol–water partition coefficient (Wildman–Crippen LogP) is 5.61. The van der Waals surface area contributed by atoms with Crippen molar-refractivity contribution in [1.29, 1.82) is 0 Å². The third-order valence-corrected chi connectivity index (χ3v) is 5.55. The third kappa shape index (κ3) is 4.44. The molecule has 0 saturated carbocycles. The second-order valence-corrected chi connectivity index (χ2v) is 8.36. The van der Waals surface area contributed by atoms with Crippen molar-refractivity contribution in [3.63, 3.8) is 0 Å². The highest BCUT2D eigenvalue weighted by molar-refractivity contribution is 6.20. The van der Waals surface area contributed by atoms with Crippen LogP contribution in [0.4, 0.5) is 14.5 Å². The van der Waals surface area contributed by atoms with Crippen molar-refractivity contribution in [3.8, 4) is 16.9 Å². The summed E-state index contributed by atoms with van der Waals surface area (Å²) in [6.07, 6.45) is 3.43. The fourth-order valence-corrected chi connectivity index (χ4v) is 4.16. The van der Waals surface area contributed by atoms with Crippen molar-refractivity contribution in [3.05, 3.63) is 72.3 Å². The van der Waals surface area contributed by atoms with Gasteiger partial charge in [-0.1, -0.05) is 6.07 Å². The summed E-state index contributed by atoms with van der Waals surface area (Å²) in [6, 6.07) is 12.9. The molecular formula is C24H19ClF2N4O3. The molecule has 0 radical (unpaired) electrons. The van der Waals surface area contributed by atoms with Crippen LogP contribution in [0, 0.1) is 0 Å². The van der Waals surface area contributed by atoms with E-state index in [9.17, 15) is 13.6 Å². The van der Waals surface area contributed by atoms with E-state index >= 15 is 0 Å². The molecule has 0 bridgehead atoms. The number of nitrogens with zero attached hydrogens (tertiary/aromatic N) is 3. The van der Waals surface area contributed by atoms with Gasteiger partial charge in [0.15, 0.2) is 0 Å². The van der Waals surface area contributed by atoms with E-state index in [-0.39, 0.29) is 17.7 Å². The quantitative estimate of drug-likeness (QED) is 0.372. The van der Waals surface area contributed by atoms with Gasteiger partial charge in [0.05, 0.1) is 23.7 Å². The van der Waals surface area contributed by atoms with E-state index < -0.39 is 5.57 Å². The van der Waals surface area contributed by atoms with Crippen LogP contribution in [0.15, 0.2) is 60.9 Å². The van der Waals surface area contributed by atoms with Gasteiger partial charge in [0, 0.05) is 46.4 Å². The Morgan fingerprint density at radius 2 is 2.06 bits per heavy atom. The van der Waals surface area contributed by atoms with Crippen molar-refractivity contribution in [2.45, 2.75) is 25.1 Å². The zero-order chi connectivity index (χ0) is 23.9. The van der Waals surface area contributed by atoms with Crippen LogP contribution in [-0.2, 0) is 11.3 Å². The van der Waals surface area contributed by atoms with Crippen molar-refractivity contribution < 1.29 is 23.0 Å². The lowest BCUT2D eigenvalue weighted by molar-refractivity contribution is -0.0964. The van der Waals surface area contributed by atoms with Gasteiger partial charge in [-0.3, -0.25) is 9.78 Å². The number of rotatable bonds is 5. The van der Waals surface area contributed by atoms with Crippen LogP contribution in [0.5, 0.6) is 5.75 Å². The Hall–Kier alpha value is -3.56. The number of halogens is 3. The van der Waals surface area contributed by atoms with E-state index in [1.54, 1.807) is 24.5 Å². The average molecular weight is 485 g/mol. The smallest absolute Gasteiger partial charge is 0.420 e. The van der Waals surface area contributed by atoms with E-state index in [1.807, 2.05) is 12.1 Å². The molecule has 174 valence electrons. The van der Waals surface area contributed by atoms with E-state index in [0.717, 1.165) is 22.5 Å². The van der Waals surface area contributed by atoms with Gasteiger partial charge in [0.25, 0.3) is 5.91 Å². The van der Waals surface area contributed by atoms with Crippen molar-refractivity contribution in [2.75, 3.05) is 11.9 Å². The number of imidazole rings is 1. The summed E-state index contributed by atoms with van der Waals surface area (Å²) in [5.74, 6) is 0.292. The van der Waals surface area contributed by atoms with Crippen LogP contribution in [0.3, 0.4) is 0 Å². The maximum absolute atomic E-state index is 13.1. The Kier molecular flexibility index (Phi) is 5.66. The Balaban J connectivity index is 1.52. The molecule has 0 unspecified atom stereocenters. The number of alkyl halides is 3. The zero-order valence-electron chi connectivity index (χ0n) is 18.0. The van der Waals surface area contributed by atoms with E-state index in [1.165, 1.54) is 24.3 Å². The number of carbonyl (C=O) groups excluding carboxylic acids is 1. The van der Waals surface area contributed by atoms with Crippen molar-refractivity contribution in [2.24, 2.45) is 0 Å². The minimum atomic E-state index is -3.81. The standard InChI is InChI=1S/C24H19ClF2N4O3/c1-14-12-33-13-21-30-20-10-16(9-19(22(20)31(14)21)15-3-2-8-28-11-15)23(32)29-17-4-6-18(7-5-17)34-24(25,26)27/h2-11,14H,12-13H2,1H3,(H,29,32)/t14-/m0/s1. The van der Waals surface area contributed by atoms with Gasteiger partial charge in [0.2, 0.25) is 0 Å². The lowest BCUT2D eigenvalue weighted by atomic mass is 10.0. The Bertz CT molecular complexity index is 1350. The monoisotopic (exact) mass is 484 g/mol. The highest BCUT2D eigenvalue weighted by Crippen LogP contribution is 2.35. The number of ether oxygens (including phenoxy) is 2. The number of carbonyl (C=O) groups is 1. The molecule has 1 N–H and O–H groups in total. The number of anilines is 1. The molecule has 2 aromatic carbocycles. The minimum Gasteiger partial charge on any atom is -0.420 e. The van der Waals surface area contributed by atoms with E-state index in [4.69, 9.17) is 21.3 Å². The van der Waals surface area contributed by atoms with Crippen molar-refractivity contribution in [1.82, 2.24) is 14.5 Å². The molecule has 0 spiro atoms. The largest absolute Gasteiger partial charge is 0.487 e. The molecule has 1 aliphatic rings. The lowest BCUT2D eigenvalue weighted by Crippen LogP contribution is -2.21. The molecule has 4 aromatic rings. The molecule has 1 amide bonds. The molecule has 1 aliphatic heterocycles. The first kappa shape index (κ1) is 22.2. The van der Waals surface area contributed by atoms with Crippen LogP contribution >= 0.6 is 11.6 Å². The van der Waals surface area contributed by atoms with Gasteiger partial charge in [-0.2, -0.15) is 0 Å². The molecule has 7 nitrogen and oxygen atoms in total. The number of aromatic nitrogens is 3. The van der Waals surface area contributed by atoms with E-state index in [0.29, 0.717) is 30.0 Å². The van der Waals surface area contributed by atoms with Crippen molar-refractivity contribution >= 4 is 34.2 Å².